The topological polar surface area (TPSA) is 83.7 Å². The average molecular weight is 264 g/mol. The molecule has 7 nitrogen and oxygen atoms in total. The van der Waals surface area contributed by atoms with Crippen LogP contribution in [0.25, 0.3) is 11.4 Å². The largest absolute Gasteiger partial charge is 0.497 e. The molecule has 0 amide bonds. The Kier molecular flexibility index (Phi) is 3.65. The van der Waals surface area contributed by atoms with E-state index < -0.39 is 5.97 Å². The van der Waals surface area contributed by atoms with Crippen molar-refractivity contribution in [1.82, 2.24) is 10.1 Å². The first-order valence-electron chi connectivity index (χ1n) is 5.33. The van der Waals surface area contributed by atoms with Gasteiger partial charge in [-0.05, 0) is 12.1 Å². The van der Waals surface area contributed by atoms with E-state index in [2.05, 4.69) is 14.9 Å². The number of aromatic nitrogens is 2. The van der Waals surface area contributed by atoms with Crippen molar-refractivity contribution in [2.45, 2.75) is 0 Å². The molecule has 1 heterocycles. The zero-order valence-electron chi connectivity index (χ0n) is 10.7. The highest BCUT2D eigenvalue weighted by Crippen LogP contribution is 2.28. The summed E-state index contributed by atoms with van der Waals surface area (Å²) in [5, 5.41) is 3.71. The lowest BCUT2D eigenvalue weighted by Gasteiger charge is -2.05. The molecule has 0 aliphatic rings. The number of hydrogen-bond acceptors (Lipinski definition) is 7. The summed E-state index contributed by atoms with van der Waals surface area (Å²) in [4.78, 5) is 15.2. The summed E-state index contributed by atoms with van der Waals surface area (Å²) in [5.74, 6) is 0.517. The number of carbonyl (C=O) groups excluding carboxylic acids is 1. The molecule has 2 aromatic rings. The maximum absolute atomic E-state index is 11.2. The molecule has 0 bridgehead atoms. The van der Waals surface area contributed by atoms with E-state index >= 15 is 0 Å². The van der Waals surface area contributed by atoms with Gasteiger partial charge in [0.2, 0.25) is 5.82 Å². The monoisotopic (exact) mass is 264 g/mol. The number of nitrogens with zero attached hydrogens (tertiary/aromatic N) is 2. The number of esters is 1. The van der Waals surface area contributed by atoms with Crippen molar-refractivity contribution in [1.29, 1.82) is 0 Å². The van der Waals surface area contributed by atoms with E-state index in [0.29, 0.717) is 17.1 Å². The van der Waals surface area contributed by atoms with Crippen LogP contribution in [0.3, 0.4) is 0 Å². The summed E-state index contributed by atoms with van der Waals surface area (Å²) in [6.07, 6.45) is 0. The molecule has 0 aliphatic carbocycles. The van der Waals surface area contributed by atoms with E-state index in [4.69, 9.17) is 14.0 Å². The van der Waals surface area contributed by atoms with Crippen LogP contribution >= 0.6 is 0 Å². The van der Waals surface area contributed by atoms with Gasteiger partial charge in [0.05, 0.1) is 21.3 Å². The van der Waals surface area contributed by atoms with Gasteiger partial charge in [0, 0.05) is 11.6 Å². The Bertz CT molecular complexity index is 571. The molecule has 0 atom stereocenters. The van der Waals surface area contributed by atoms with Gasteiger partial charge < -0.3 is 18.7 Å². The lowest BCUT2D eigenvalue weighted by Crippen LogP contribution is -2.01. The van der Waals surface area contributed by atoms with Gasteiger partial charge in [0.1, 0.15) is 11.5 Å². The van der Waals surface area contributed by atoms with Crippen LogP contribution in [0.4, 0.5) is 0 Å². The number of methoxy groups -OCH3 is 3. The molecule has 7 heteroatoms. The van der Waals surface area contributed by atoms with Crippen molar-refractivity contribution in [3.05, 3.63) is 24.1 Å². The summed E-state index contributed by atoms with van der Waals surface area (Å²) in [6, 6.07) is 5.12. The molecule has 0 radical (unpaired) electrons. The second-order valence-electron chi connectivity index (χ2n) is 3.52. The number of carbonyl (C=O) groups is 1. The van der Waals surface area contributed by atoms with Crippen molar-refractivity contribution < 1.29 is 23.5 Å². The van der Waals surface area contributed by atoms with Crippen molar-refractivity contribution >= 4 is 5.97 Å². The van der Waals surface area contributed by atoms with E-state index in [1.54, 1.807) is 18.2 Å². The maximum atomic E-state index is 11.2. The third-order valence-corrected chi connectivity index (χ3v) is 2.40. The molecule has 0 fully saturated rings. The Labute approximate surface area is 109 Å². The lowest BCUT2D eigenvalue weighted by molar-refractivity contribution is 0.0545. The van der Waals surface area contributed by atoms with Gasteiger partial charge in [-0.1, -0.05) is 5.16 Å². The minimum atomic E-state index is -0.686. The average Bonchev–Trinajstić information content (AvgIpc) is 2.95. The van der Waals surface area contributed by atoms with E-state index in [1.165, 1.54) is 21.3 Å². The zero-order chi connectivity index (χ0) is 13.8. The maximum Gasteiger partial charge on any atom is 0.397 e. The summed E-state index contributed by atoms with van der Waals surface area (Å²) in [5.41, 5.74) is 0.607. The molecule has 1 aromatic carbocycles. The zero-order valence-corrected chi connectivity index (χ0v) is 10.7. The molecule has 0 saturated carbocycles. The molecule has 0 aliphatic heterocycles. The summed E-state index contributed by atoms with van der Waals surface area (Å²) in [6.45, 7) is 0. The van der Waals surface area contributed by atoms with E-state index in [9.17, 15) is 4.79 Å². The first kappa shape index (κ1) is 12.9. The quantitative estimate of drug-likeness (QED) is 0.774. The molecule has 100 valence electrons. The normalized spacial score (nSPS) is 10.1. The fourth-order valence-corrected chi connectivity index (χ4v) is 1.45. The Morgan fingerprint density at radius 2 is 1.74 bits per heavy atom. The number of benzene rings is 1. The van der Waals surface area contributed by atoms with E-state index in [1.807, 2.05) is 0 Å². The van der Waals surface area contributed by atoms with Crippen LogP contribution < -0.4 is 9.47 Å². The highest BCUT2D eigenvalue weighted by molar-refractivity contribution is 5.84. The second kappa shape index (κ2) is 5.38. The third-order valence-electron chi connectivity index (χ3n) is 2.40. The Balaban J connectivity index is 2.40. The smallest absolute Gasteiger partial charge is 0.397 e. The highest BCUT2D eigenvalue weighted by atomic mass is 16.6. The van der Waals surface area contributed by atoms with Gasteiger partial charge in [-0.3, -0.25) is 0 Å². The fraction of sp³-hybridized carbons (Fsp3) is 0.250. The van der Waals surface area contributed by atoms with Crippen LogP contribution in [0, 0.1) is 0 Å². The van der Waals surface area contributed by atoms with Crippen molar-refractivity contribution in [2.75, 3.05) is 21.3 Å². The Morgan fingerprint density at radius 1 is 1.11 bits per heavy atom. The first-order valence-corrected chi connectivity index (χ1v) is 5.33. The molecule has 0 N–H and O–H groups in total. The highest BCUT2D eigenvalue weighted by Gasteiger charge is 2.17. The molecule has 0 spiro atoms. The van der Waals surface area contributed by atoms with Crippen LogP contribution in [-0.2, 0) is 4.74 Å². The molecular formula is C12H12N2O5. The van der Waals surface area contributed by atoms with Crippen LogP contribution in [-0.4, -0.2) is 37.4 Å². The van der Waals surface area contributed by atoms with Gasteiger partial charge in [-0.15, -0.1) is 0 Å². The van der Waals surface area contributed by atoms with Gasteiger partial charge in [-0.25, -0.2) is 4.79 Å². The standard InChI is InChI=1S/C12H12N2O5/c1-16-8-4-7(5-9(6-8)17-2)10-13-11(19-14-10)12(15)18-3/h4-6H,1-3H3. The fourth-order valence-electron chi connectivity index (χ4n) is 1.45. The van der Waals surface area contributed by atoms with Crippen molar-refractivity contribution in [2.24, 2.45) is 0 Å². The molecule has 2 rings (SSSR count). The van der Waals surface area contributed by atoms with Gasteiger partial charge in [0.15, 0.2) is 0 Å². The first-order chi connectivity index (χ1) is 9.17. The summed E-state index contributed by atoms with van der Waals surface area (Å²) < 4.78 is 19.6. The van der Waals surface area contributed by atoms with Crippen LogP contribution in [0.2, 0.25) is 0 Å². The van der Waals surface area contributed by atoms with Crippen molar-refractivity contribution in [3.63, 3.8) is 0 Å². The Hall–Kier alpha value is -2.57. The molecule has 1 aromatic heterocycles. The molecule has 0 unspecified atom stereocenters. The van der Waals surface area contributed by atoms with Gasteiger partial charge >= 0.3 is 11.9 Å². The number of hydrogen-bond donors (Lipinski definition) is 0. The van der Waals surface area contributed by atoms with Gasteiger partial charge in [0.25, 0.3) is 0 Å². The SMILES string of the molecule is COC(=O)c1nc(-c2cc(OC)cc(OC)c2)no1. The summed E-state index contributed by atoms with van der Waals surface area (Å²) >= 11 is 0. The van der Waals surface area contributed by atoms with Crippen molar-refractivity contribution in [3.8, 4) is 22.9 Å². The number of ether oxygens (including phenoxy) is 3. The van der Waals surface area contributed by atoms with Crippen LogP contribution in [0.15, 0.2) is 22.7 Å². The van der Waals surface area contributed by atoms with Crippen LogP contribution in [0.5, 0.6) is 11.5 Å². The second-order valence-corrected chi connectivity index (χ2v) is 3.52. The summed E-state index contributed by atoms with van der Waals surface area (Å²) in [7, 11) is 4.31. The van der Waals surface area contributed by atoms with Gasteiger partial charge in [-0.2, -0.15) is 4.98 Å². The number of rotatable bonds is 4. The minimum Gasteiger partial charge on any atom is -0.497 e. The lowest BCUT2D eigenvalue weighted by atomic mass is 10.2. The molecule has 0 saturated heterocycles. The predicted octanol–water partition coefficient (Wildman–Crippen LogP) is 1.54. The van der Waals surface area contributed by atoms with Crippen LogP contribution in [0.1, 0.15) is 10.7 Å². The predicted molar refractivity (Wildman–Crippen MR) is 64.2 cm³/mol. The minimum absolute atomic E-state index is 0.209. The third kappa shape index (κ3) is 2.65. The Morgan fingerprint density at radius 3 is 2.26 bits per heavy atom. The van der Waals surface area contributed by atoms with E-state index in [0.717, 1.165) is 0 Å². The molecular weight excluding hydrogens is 252 g/mol. The van der Waals surface area contributed by atoms with E-state index in [-0.39, 0.29) is 11.7 Å². The molecule has 19 heavy (non-hydrogen) atoms.